The molecule has 1 amide bonds. The Kier molecular flexibility index (Phi) is 9.62. The average molecular weight is 590 g/mol. The Labute approximate surface area is 224 Å². The van der Waals surface area contributed by atoms with Crippen LogP contribution >= 0.6 is 50.7 Å². The molecule has 0 aliphatic heterocycles. The molecule has 0 aliphatic rings. The first-order valence-electron chi connectivity index (χ1n) is 10.1. The number of amides is 1. The van der Waals surface area contributed by atoms with E-state index in [1.807, 2.05) is 31.2 Å². The van der Waals surface area contributed by atoms with Crippen molar-refractivity contribution in [2.45, 2.75) is 13.5 Å². The highest BCUT2D eigenvalue weighted by Crippen LogP contribution is 2.30. The first kappa shape index (κ1) is 26.3. The van der Waals surface area contributed by atoms with Crippen LogP contribution in [-0.4, -0.2) is 30.4 Å². The van der Waals surface area contributed by atoms with Gasteiger partial charge in [-0.05, 0) is 82.0 Å². The maximum atomic E-state index is 12.2. The molecule has 0 aliphatic carbocycles. The number of phenolic OH excluding ortho intramolecular Hbond substituents is 1. The molecule has 182 valence electrons. The van der Waals surface area contributed by atoms with E-state index >= 15 is 0 Å². The van der Waals surface area contributed by atoms with Crippen LogP contribution in [-0.2, 0) is 6.54 Å². The lowest BCUT2D eigenvalue weighted by atomic mass is 10.1. The summed E-state index contributed by atoms with van der Waals surface area (Å²) in [5.41, 5.74) is 5.45. The number of benzene rings is 3. The van der Waals surface area contributed by atoms with Crippen molar-refractivity contribution in [3.8, 4) is 11.5 Å². The number of phenols is 1. The van der Waals surface area contributed by atoms with E-state index in [0.29, 0.717) is 29.7 Å². The van der Waals surface area contributed by atoms with E-state index in [2.05, 4.69) is 31.8 Å². The van der Waals surface area contributed by atoms with Gasteiger partial charge in [0, 0.05) is 21.5 Å². The molecular weight excluding hydrogens is 565 g/mol. The molecule has 10 heteroatoms. The van der Waals surface area contributed by atoms with Crippen LogP contribution in [0.15, 0.2) is 58.1 Å². The number of nitrogens with zero attached hydrogens (tertiary/aromatic N) is 1. The molecule has 0 unspecified atom stereocenters. The van der Waals surface area contributed by atoms with Gasteiger partial charge < -0.3 is 15.2 Å². The molecule has 0 saturated heterocycles. The van der Waals surface area contributed by atoms with Crippen LogP contribution in [0.3, 0.4) is 0 Å². The summed E-state index contributed by atoms with van der Waals surface area (Å²) in [6.45, 7) is 3.69. The third-order valence-electron chi connectivity index (χ3n) is 4.68. The molecule has 0 fully saturated rings. The fraction of sp³-hybridized carbons (Fsp3) is 0.167. The van der Waals surface area contributed by atoms with Gasteiger partial charge in [0.25, 0.3) is 5.91 Å². The predicted octanol–water partition coefficient (Wildman–Crippen LogP) is 6.85. The standard InChI is InChI=1S/C24H21BrCl3N3O3.2H2/c1-14-8-16(13-30-31-24(33)17-3-5-22(32)21(28)11-17)9-18(25)23(14)34-7-6-29-12-15-2-4-19(26)20(27)10-15;;/h2-5,8-11,13,29,32H,6-7,12H2,1H3,(H,31,33);2*1H/b30-13+;;. The zero-order valence-corrected chi connectivity index (χ0v) is 21.9. The number of hydrogen-bond acceptors (Lipinski definition) is 5. The van der Waals surface area contributed by atoms with Crippen molar-refractivity contribution < 1.29 is 17.5 Å². The minimum Gasteiger partial charge on any atom is -0.506 e. The van der Waals surface area contributed by atoms with Crippen molar-refractivity contribution >= 4 is 62.9 Å². The fourth-order valence-electron chi connectivity index (χ4n) is 3.00. The molecule has 3 aromatic rings. The maximum absolute atomic E-state index is 12.2. The molecule has 0 atom stereocenters. The van der Waals surface area contributed by atoms with Crippen molar-refractivity contribution in [1.29, 1.82) is 0 Å². The van der Waals surface area contributed by atoms with Crippen LogP contribution in [0.1, 0.15) is 29.9 Å². The molecule has 3 aromatic carbocycles. The second kappa shape index (κ2) is 12.4. The highest BCUT2D eigenvalue weighted by molar-refractivity contribution is 9.10. The number of ether oxygens (including phenoxy) is 1. The van der Waals surface area contributed by atoms with Gasteiger partial charge in [-0.1, -0.05) is 40.9 Å². The number of aryl methyl sites for hydroxylation is 1. The predicted molar refractivity (Wildman–Crippen MR) is 145 cm³/mol. The van der Waals surface area contributed by atoms with Crippen LogP contribution in [0.4, 0.5) is 0 Å². The Hall–Kier alpha value is -2.29. The smallest absolute Gasteiger partial charge is 0.271 e. The molecule has 0 aromatic heterocycles. The van der Waals surface area contributed by atoms with Gasteiger partial charge in [0.15, 0.2) is 0 Å². The van der Waals surface area contributed by atoms with Crippen molar-refractivity contribution in [3.05, 3.63) is 90.3 Å². The normalized spacial score (nSPS) is 11.1. The van der Waals surface area contributed by atoms with Gasteiger partial charge in [0.05, 0.1) is 25.8 Å². The van der Waals surface area contributed by atoms with Crippen LogP contribution in [0.5, 0.6) is 11.5 Å². The molecule has 3 rings (SSSR count). The summed E-state index contributed by atoms with van der Waals surface area (Å²) < 4.78 is 6.69. The van der Waals surface area contributed by atoms with Gasteiger partial charge in [-0.15, -0.1) is 0 Å². The van der Waals surface area contributed by atoms with E-state index < -0.39 is 5.91 Å². The second-order valence-corrected chi connectivity index (χ2v) is 9.36. The van der Waals surface area contributed by atoms with Gasteiger partial charge in [0.1, 0.15) is 18.1 Å². The minimum absolute atomic E-state index is 0. The highest BCUT2D eigenvalue weighted by atomic mass is 79.9. The molecule has 3 N–H and O–H groups in total. The van der Waals surface area contributed by atoms with Crippen LogP contribution in [0.2, 0.25) is 15.1 Å². The number of halogens is 4. The molecule has 0 heterocycles. The first-order chi connectivity index (χ1) is 16.2. The van der Waals surface area contributed by atoms with Crippen LogP contribution in [0.25, 0.3) is 0 Å². The third-order valence-corrected chi connectivity index (χ3v) is 6.31. The van der Waals surface area contributed by atoms with Gasteiger partial charge in [-0.3, -0.25) is 4.79 Å². The highest BCUT2D eigenvalue weighted by Gasteiger charge is 2.09. The summed E-state index contributed by atoms with van der Waals surface area (Å²) >= 11 is 21.3. The summed E-state index contributed by atoms with van der Waals surface area (Å²) in [7, 11) is 0. The number of rotatable bonds is 9. The lowest BCUT2D eigenvalue weighted by molar-refractivity contribution is 0.0955. The van der Waals surface area contributed by atoms with Crippen LogP contribution in [0, 0.1) is 6.92 Å². The lowest BCUT2D eigenvalue weighted by Gasteiger charge is -2.13. The van der Waals surface area contributed by atoms with Gasteiger partial charge in [-0.2, -0.15) is 5.10 Å². The number of aromatic hydroxyl groups is 1. The summed E-state index contributed by atoms with van der Waals surface area (Å²) in [5, 5.41) is 17.9. The molecule has 0 spiro atoms. The van der Waals surface area contributed by atoms with Crippen LogP contribution < -0.4 is 15.5 Å². The van der Waals surface area contributed by atoms with E-state index in [1.54, 1.807) is 6.07 Å². The number of carbonyl (C=O) groups excluding carboxylic acids is 1. The molecule has 0 radical (unpaired) electrons. The second-order valence-electron chi connectivity index (χ2n) is 7.29. The van der Waals surface area contributed by atoms with E-state index in [9.17, 15) is 9.90 Å². The number of nitrogens with one attached hydrogen (secondary N) is 2. The quantitative estimate of drug-likeness (QED) is 0.145. The Morgan fingerprint density at radius 1 is 1.12 bits per heavy atom. The summed E-state index contributed by atoms with van der Waals surface area (Å²) in [4.78, 5) is 12.2. The topological polar surface area (TPSA) is 83.0 Å². The Morgan fingerprint density at radius 3 is 2.62 bits per heavy atom. The van der Waals surface area contributed by atoms with Crippen molar-refractivity contribution in [2.75, 3.05) is 13.2 Å². The summed E-state index contributed by atoms with van der Waals surface area (Å²) in [6.07, 6.45) is 1.53. The largest absolute Gasteiger partial charge is 0.506 e. The van der Waals surface area contributed by atoms with Crippen molar-refractivity contribution in [2.24, 2.45) is 5.10 Å². The van der Waals surface area contributed by atoms with E-state index in [4.69, 9.17) is 39.5 Å². The zero-order valence-electron chi connectivity index (χ0n) is 18.0. The maximum Gasteiger partial charge on any atom is 0.271 e. The number of hydrogen-bond donors (Lipinski definition) is 3. The molecule has 34 heavy (non-hydrogen) atoms. The van der Waals surface area contributed by atoms with Crippen molar-refractivity contribution in [3.63, 3.8) is 0 Å². The van der Waals surface area contributed by atoms with Gasteiger partial charge in [0.2, 0.25) is 0 Å². The average Bonchev–Trinajstić information content (AvgIpc) is 2.79. The molecule has 6 nitrogen and oxygen atoms in total. The van der Waals surface area contributed by atoms with E-state index in [0.717, 1.165) is 26.9 Å². The monoisotopic (exact) mass is 587 g/mol. The minimum atomic E-state index is -0.442. The Bertz CT molecular complexity index is 1210. The fourth-order valence-corrected chi connectivity index (χ4v) is 4.19. The SMILES string of the molecule is Cc1cc(/C=N/NC(=O)c2ccc(O)c(Cl)c2)cc(Br)c1OCCNCc1ccc(Cl)c(Cl)c1.[HH].[HH]. The lowest BCUT2D eigenvalue weighted by Crippen LogP contribution is -2.21. The Morgan fingerprint density at radius 2 is 1.91 bits per heavy atom. The third kappa shape index (κ3) is 7.35. The van der Waals surface area contributed by atoms with Gasteiger partial charge >= 0.3 is 0 Å². The van der Waals surface area contributed by atoms with E-state index in [-0.39, 0.29) is 19.2 Å². The van der Waals surface area contributed by atoms with Gasteiger partial charge in [-0.25, -0.2) is 5.43 Å². The number of hydrazone groups is 1. The molecule has 0 saturated carbocycles. The first-order valence-corrected chi connectivity index (χ1v) is 12.1. The number of carbonyl (C=O) groups is 1. The summed E-state index contributed by atoms with van der Waals surface area (Å²) in [5.74, 6) is 0.199. The van der Waals surface area contributed by atoms with E-state index in [1.165, 1.54) is 24.4 Å². The summed E-state index contributed by atoms with van der Waals surface area (Å²) in [6, 6.07) is 13.5. The Balaban J connectivity index is 0.00000324. The molecule has 0 bridgehead atoms. The molecular formula is C24H25BrCl3N3O3. The zero-order chi connectivity index (χ0) is 24.7. The van der Waals surface area contributed by atoms with Crippen molar-refractivity contribution in [1.82, 2.24) is 10.7 Å².